The smallest absolute Gasteiger partial charge is 0.275 e. The van der Waals surface area contributed by atoms with Crippen LogP contribution >= 0.6 is 0 Å². The maximum Gasteiger partial charge on any atom is 0.275 e. The lowest BCUT2D eigenvalue weighted by Gasteiger charge is -2.09. The van der Waals surface area contributed by atoms with Crippen molar-refractivity contribution in [2.24, 2.45) is 0 Å². The Balaban J connectivity index is 1.75. The number of carbonyl (C=O) groups excluding carboxylic acids is 1. The van der Waals surface area contributed by atoms with Gasteiger partial charge in [-0.25, -0.2) is 9.97 Å². The van der Waals surface area contributed by atoms with Crippen molar-refractivity contribution in [1.29, 1.82) is 0 Å². The molecule has 142 valence electrons. The van der Waals surface area contributed by atoms with Crippen molar-refractivity contribution in [2.75, 3.05) is 5.32 Å². The Kier molecular flexibility index (Phi) is 4.26. The Morgan fingerprint density at radius 1 is 1.21 bits per heavy atom. The predicted molar refractivity (Wildman–Crippen MR) is 104 cm³/mol. The van der Waals surface area contributed by atoms with E-state index in [1.54, 1.807) is 30.5 Å². The third kappa shape index (κ3) is 3.07. The minimum Gasteiger partial charge on any atom is -0.305 e. The fraction of sp³-hybridized carbons (Fsp3) is 0.211. The summed E-state index contributed by atoms with van der Waals surface area (Å²) in [5.74, 6) is 0.332. The maximum absolute atomic E-state index is 13.0. The number of anilines is 1. The van der Waals surface area contributed by atoms with Crippen LogP contribution in [0.2, 0.25) is 0 Å². The van der Waals surface area contributed by atoms with E-state index in [1.165, 1.54) is 10.7 Å². The van der Waals surface area contributed by atoms with Crippen LogP contribution in [0.15, 0.2) is 41.3 Å². The van der Waals surface area contributed by atoms with Gasteiger partial charge < -0.3 is 5.32 Å². The SMILES string of the molecule is CCc1cc(=O)[nH]c(-n2nc(C)cc2NC(=O)c2c(C)nc3ccccn23)n1. The lowest BCUT2D eigenvalue weighted by molar-refractivity contribution is 0.102. The molecule has 0 radical (unpaired) electrons. The van der Waals surface area contributed by atoms with Gasteiger partial charge >= 0.3 is 0 Å². The molecular formula is C19H19N7O2. The van der Waals surface area contributed by atoms with Crippen LogP contribution in [0.5, 0.6) is 0 Å². The Hall–Kier alpha value is -3.75. The number of H-pyrrole nitrogens is 1. The molecule has 0 saturated heterocycles. The van der Waals surface area contributed by atoms with Crippen molar-refractivity contribution in [3.05, 3.63) is 69.7 Å². The topological polar surface area (TPSA) is 110 Å². The first-order valence-electron chi connectivity index (χ1n) is 8.88. The number of aromatic nitrogens is 6. The molecule has 0 saturated carbocycles. The van der Waals surface area contributed by atoms with Gasteiger partial charge in [-0.3, -0.25) is 19.0 Å². The minimum absolute atomic E-state index is 0.252. The number of carbonyl (C=O) groups is 1. The molecule has 0 spiro atoms. The van der Waals surface area contributed by atoms with Crippen LogP contribution in [0, 0.1) is 13.8 Å². The predicted octanol–water partition coefficient (Wildman–Crippen LogP) is 2.03. The van der Waals surface area contributed by atoms with E-state index in [4.69, 9.17) is 0 Å². The first-order valence-corrected chi connectivity index (χ1v) is 8.88. The summed E-state index contributed by atoms with van der Waals surface area (Å²) in [6.07, 6.45) is 2.40. The second-order valence-electron chi connectivity index (χ2n) is 6.43. The third-order valence-electron chi connectivity index (χ3n) is 4.34. The van der Waals surface area contributed by atoms with Gasteiger partial charge in [0.2, 0.25) is 5.95 Å². The summed E-state index contributed by atoms with van der Waals surface area (Å²) in [6.45, 7) is 5.50. The van der Waals surface area contributed by atoms with Gasteiger partial charge in [-0.15, -0.1) is 0 Å². The number of amides is 1. The molecule has 0 aliphatic carbocycles. The summed E-state index contributed by atoms with van der Waals surface area (Å²) in [5, 5.41) is 7.22. The zero-order chi connectivity index (χ0) is 19.8. The summed E-state index contributed by atoms with van der Waals surface area (Å²) < 4.78 is 3.16. The monoisotopic (exact) mass is 377 g/mol. The molecule has 4 rings (SSSR count). The molecule has 4 aromatic rings. The average molecular weight is 377 g/mol. The van der Waals surface area contributed by atoms with Crippen molar-refractivity contribution in [3.8, 4) is 5.95 Å². The minimum atomic E-state index is -0.327. The third-order valence-corrected chi connectivity index (χ3v) is 4.34. The van der Waals surface area contributed by atoms with Gasteiger partial charge in [0.1, 0.15) is 17.2 Å². The molecule has 4 aromatic heterocycles. The van der Waals surface area contributed by atoms with Crippen LogP contribution in [0.4, 0.5) is 5.82 Å². The number of nitrogens with one attached hydrogen (secondary N) is 2. The van der Waals surface area contributed by atoms with E-state index in [1.807, 2.05) is 25.1 Å². The van der Waals surface area contributed by atoms with Gasteiger partial charge in [-0.2, -0.15) is 9.78 Å². The quantitative estimate of drug-likeness (QED) is 0.565. The van der Waals surface area contributed by atoms with Crippen LogP contribution in [-0.2, 0) is 6.42 Å². The number of imidazole rings is 1. The van der Waals surface area contributed by atoms with Gasteiger partial charge in [0.15, 0.2) is 0 Å². The molecule has 0 aliphatic rings. The van der Waals surface area contributed by atoms with Crippen molar-refractivity contribution in [2.45, 2.75) is 27.2 Å². The second-order valence-corrected chi connectivity index (χ2v) is 6.43. The number of hydrogen-bond acceptors (Lipinski definition) is 5. The molecule has 0 bridgehead atoms. The number of fused-ring (bicyclic) bond motifs is 1. The number of nitrogens with zero attached hydrogens (tertiary/aromatic N) is 5. The standard InChI is InChI=1S/C19H19N7O2/c1-4-13-10-16(27)23-19(21-13)26-15(9-11(2)24-26)22-18(28)17-12(3)20-14-7-5-6-8-25(14)17/h5-10H,4H2,1-3H3,(H,22,28)(H,21,23,27). The largest absolute Gasteiger partial charge is 0.305 e. The molecule has 0 aliphatic heterocycles. The number of aromatic amines is 1. The number of pyridine rings is 1. The van der Waals surface area contributed by atoms with Crippen LogP contribution in [-0.4, -0.2) is 35.0 Å². The molecule has 2 N–H and O–H groups in total. The average Bonchev–Trinajstić information content (AvgIpc) is 3.19. The van der Waals surface area contributed by atoms with Crippen LogP contribution < -0.4 is 10.9 Å². The van der Waals surface area contributed by atoms with Crippen molar-refractivity contribution < 1.29 is 4.79 Å². The number of hydrogen-bond donors (Lipinski definition) is 2. The van der Waals surface area contributed by atoms with Crippen LogP contribution in [0.1, 0.15) is 34.5 Å². The van der Waals surface area contributed by atoms with Gasteiger partial charge in [0.05, 0.1) is 11.4 Å². The van der Waals surface area contributed by atoms with Gasteiger partial charge in [0.25, 0.3) is 11.5 Å². The summed E-state index contributed by atoms with van der Waals surface area (Å²) in [4.78, 5) is 36.4. The van der Waals surface area contributed by atoms with Crippen molar-refractivity contribution in [3.63, 3.8) is 0 Å². The van der Waals surface area contributed by atoms with Gasteiger partial charge in [0, 0.05) is 24.0 Å². The van der Waals surface area contributed by atoms with E-state index in [0.29, 0.717) is 40.7 Å². The lowest BCUT2D eigenvalue weighted by Crippen LogP contribution is -2.20. The summed E-state index contributed by atoms with van der Waals surface area (Å²) in [7, 11) is 0. The Bertz CT molecular complexity index is 1250. The van der Waals surface area contributed by atoms with E-state index < -0.39 is 0 Å². The van der Waals surface area contributed by atoms with Crippen LogP contribution in [0.3, 0.4) is 0 Å². The van der Waals surface area contributed by atoms with Crippen molar-refractivity contribution in [1.82, 2.24) is 29.1 Å². The second kappa shape index (κ2) is 6.76. The molecular weight excluding hydrogens is 358 g/mol. The summed E-state index contributed by atoms with van der Waals surface area (Å²) in [5.41, 5.74) is 2.79. The summed E-state index contributed by atoms with van der Waals surface area (Å²) >= 11 is 0. The highest BCUT2D eigenvalue weighted by molar-refractivity contribution is 6.04. The highest BCUT2D eigenvalue weighted by Crippen LogP contribution is 2.18. The van der Waals surface area contributed by atoms with Crippen LogP contribution in [0.25, 0.3) is 11.6 Å². The highest BCUT2D eigenvalue weighted by Gasteiger charge is 2.19. The lowest BCUT2D eigenvalue weighted by atomic mass is 10.3. The van der Waals surface area contributed by atoms with E-state index >= 15 is 0 Å². The molecule has 0 unspecified atom stereocenters. The molecule has 4 heterocycles. The molecule has 9 nitrogen and oxygen atoms in total. The molecule has 9 heteroatoms. The van der Waals surface area contributed by atoms with E-state index in [-0.39, 0.29) is 17.4 Å². The van der Waals surface area contributed by atoms with Gasteiger partial charge in [-0.1, -0.05) is 13.0 Å². The van der Waals surface area contributed by atoms with Gasteiger partial charge in [-0.05, 0) is 32.4 Å². The molecule has 0 fully saturated rings. The number of aryl methyl sites for hydroxylation is 3. The molecule has 0 atom stereocenters. The fourth-order valence-corrected chi connectivity index (χ4v) is 3.09. The highest BCUT2D eigenvalue weighted by atomic mass is 16.2. The first-order chi connectivity index (χ1) is 13.5. The Morgan fingerprint density at radius 3 is 2.82 bits per heavy atom. The maximum atomic E-state index is 13.0. The number of rotatable bonds is 4. The van der Waals surface area contributed by atoms with E-state index in [0.717, 1.165) is 0 Å². The van der Waals surface area contributed by atoms with Crippen molar-refractivity contribution >= 4 is 17.4 Å². The Labute approximate surface area is 160 Å². The van der Waals surface area contributed by atoms with E-state index in [2.05, 4.69) is 25.4 Å². The van der Waals surface area contributed by atoms with E-state index in [9.17, 15) is 9.59 Å². The zero-order valence-electron chi connectivity index (χ0n) is 15.7. The normalized spacial score (nSPS) is 11.1. The Morgan fingerprint density at radius 2 is 2.04 bits per heavy atom. The first kappa shape index (κ1) is 17.7. The molecule has 1 amide bonds. The molecule has 0 aromatic carbocycles. The molecule has 28 heavy (non-hydrogen) atoms. The zero-order valence-corrected chi connectivity index (χ0v) is 15.7. The summed E-state index contributed by atoms with van der Waals surface area (Å²) in [6, 6.07) is 8.70. The fourth-order valence-electron chi connectivity index (χ4n) is 3.09.